The van der Waals surface area contributed by atoms with Crippen LogP contribution < -0.4 is 0 Å². The van der Waals surface area contributed by atoms with Gasteiger partial charge in [-0.3, -0.25) is 14.3 Å². The van der Waals surface area contributed by atoms with E-state index >= 15 is 0 Å². The lowest BCUT2D eigenvalue weighted by Gasteiger charge is -2.17. The largest absolute Gasteiger partial charge is 0.480 e. The second kappa shape index (κ2) is 5.03. The maximum atomic E-state index is 11.9. The molecule has 18 heavy (non-hydrogen) atoms. The second-order valence-corrected chi connectivity index (χ2v) is 4.30. The quantitative estimate of drug-likeness (QED) is 0.771. The van der Waals surface area contributed by atoms with Gasteiger partial charge in [-0.25, -0.2) is 0 Å². The van der Waals surface area contributed by atoms with Crippen LogP contribution in [-0.2, 0) is 16.6 Å². The minimum Gasteiger partial charge on any atom is -0.480 e. The lowest BCUT2D eigenvalue weighted by molar-refractivity contribution is -0.143. The highest BCUT2D eigenvalue weighted by atomic mass is 16.4. The van der Waals surface area contributed by atoms with Crippen LogP contribution in [-0.4, -0.2) is 44.3 Å². The van der Waals surface area contributed by atoms with Crippen molar-refractivity contribution in [3.8, 4) is 0 Å². The molecule has 0 atom stereocenters. The number of amides is 1. The zero-order valence-corrected chi connectivity index (χ0v) is 10.1. The number of aromatic nitrogens is 2. The molecule has 1 aliphatic carbocycles. The predicted octanol–water partition coefficient (Wildman–Crippen LogP) is 0.509. The van der Waals surface area contributed by atoms with Crippen LogP contribution in [0.3, 0.4) is 0 Å². The molecule has 0 radical (unpaired) electrons. The zero-order chi connectivity index (χ0) is 13.1. The van der Waals surface area contributed by atoms with Gasteiger partial charge in [0.1, 0.15) is 6.54 Å². The summed E-state index contributed by atoms with van der Waals surface area (Å²) in [4.78, 5) is 24.0. The van der Waals surface area contributed by atoms with E-state index in [1.165, 1.54) is 11.0 Å². The number of carboxylic acid groups (broad SMARTS) is 1. The first-order valence-corrected chi connectivity index (χ1v) is 5.76. The average molecular weight is 249 g/mol. The Morgan fingerprint density at radius 3 is 2.83 bits per heavy atom. The van der Waals surface area contributed by atoms with Crippen LogP contribution in [0.2, 0.25) is 0 Å². The maximum absolute atomic E-state index is 11.9. The summed E-state index contributed by atoms with van der Waals surface area (Å²) in [5.74, 6) is -1.25. The van der Waals surface area contributed by atoms with Gasteiger partial charge >= 0.3 is 5.97 Å². The van der Waals surface area contributed by atoms with Gasteiger partial charge in [0.05, 0.1) is 5.69 Å². The molecule has 6 heteroatoms. The molecule has 1 fully saturated rings. The Kier molecular flexibility index (Phi) is 3.45. The summed E-state index contributed by atoms with van der Waals surface area (Å²) in [6, 6.07) is 1.87. The van der Waals surface area contributed by atoms with Crippen LogP contribution >= 0.6 is 0 Å². The van der Waals surface area contributed by atoms with E-state index in [2.05, 4.69) is 5.10 Å². The van der Waals surface area contributed by atoms with Gasteiger partial charge in [-0.2, -0.15) is 5.10 Å². The topological polar surface area (TPSA) is 75.4 Å². The summed E-state index contributed by atoms with van der Waals surface area (Å²) in [7, 11) is 1.78. The molecule has 1 N–H and O–H groups in total. The van der Waals surface area contributed by atoms with E-state index in [4.69, 9.17) is 5.11 Å². The van der Waals surface area contributed by atoms with Crippen molar-refractivity contribution in [3.05, 3.63) is 24.0 Å². The van der Waals surface area contributed by atoms with E-state index in [-0.39, 0.29) is 18.5 Å². The fraction of sp³-hybridized carbons (Fsp3) is 0.417. The third-order valence-corrected chi connectivity index (χ3v) is 2.83. The summed E-state index contributed by atoms with van der Waals surface area (Å²) in [5.41, 5.74) is 0.800. The summed E-state index contributed by atoms with van der Waals surface area (Å²) in [6.07, 6.45) is 6.46. The molecule has 1 saturated carbocycles. The fourth-order valence-electron chi connectivity index (χ4n) is 1.72. The molecule has 1 aromatic rings. The first kappa shape index (κ1) is 12.3. The molecule has 0 aliphatic heterocycles. The summed E-state index contributed by atoms with van der Waals surface area (Å²) >= 11 is 0. The number of hydrogen-bond donors (Lipinski definition) is 1. The Balaban J connectivity index is 2.03. The number of carboxylic acids is 1. The predicted molar refractivity (Wildman–Crippen MR) is 64.6 cm³/mol. The monoisotopic (exact) mass is 249 g/mol. The number of hydrogen-bond acceptors (Lipinski definition) is 3. The number of carbonyl (C=O) groups is 2. The Morgan fingerprint density at radius 1 is 1.61 bits per heavy atom. The number of aliphatic carboxylic acids is 1. The summed E-state index contributed by atoms with van der Waals surface area (Å²) < 4.78 is 1.64. The normalized spacial score (nSPS) is 14.9. The molecule has 1 heterocycles. The Morgan fingerprint density at radius 2 is 2.33 bits per heavy atom. The Bertz CT molecular complexity index is 489. The fourth-order valence-corrected chi connectivity index (χ4v) is 1.72. The van der Waals surface area contributed by atoms with Gasteiger partial charge in [0.25, 0.3) is 0 Å². The van der Waals surface area contributed by atoms with Crippen LogP contribution in [0.25, 0.3) is 6.08 Å². The highest BCUT2D eigenvalue weighted by Crippen LogP contribution is 2.26. The first-order chi connectivity index (χ1) is 8.58. The molecule has 2 rings (SSSR count). The van der Waals surface area contributed by atoms with Gasteiger partial charge in [0, 0.05) is 25.4 Å². The first-order valence-electron chi connectivity index (χ1n) is 5.76. The lowest BCUT2D eigenvalue weighted by Crippen LogP contribution is -2.36. The van der Waals surface area contributed by atoms with Crippen molar-refractivity contribution in [1.29, 1.82) is 0 Å². The molecule has 0 aromatic carbocycles. The van der Waals surface area contributed by atoms with Crippen LogP contribution in [0.5, 0.6) is 0 Å². The summed E-state index contributed by atoms with van der Waals surface area (Å²) in [5, 5.41) is 12.8. The molecule has 1 aromatic heterocycles. The molecule has 0 saturated heterocycles. The van der Waals surface area contributed by atoms with E-state index < -0.39 is 5.97 Å². The number of rotatable bonds is 5. The van der Waals surface area contributed by atoms with Crippen LogP contribution in [0.4, 0.5) is 0 Å². The molecule has 6 nitrogen and oxygen atoms in total. The van der Waals surface area contributed by atoms with Crippen molar-refractivity contribution in [2.45, 2.75) is 18.9 Å². The molecule has 0 spiro atoms. The SMILES string of the molecule is Cn1nccc1/C=C\C(=O)N(CC(=O)O)C1CC1. The molecule has 0 bridgehead atoms. The highest BCUT2D eigenvalue weighted by molar-refractivity contribution is 5.93. The van der Waals surface area contributed by atoms with Crippen molar-refractivity contribution >= 4 is 18.0 Å². The third kappa shape index (κ3) is 2.97. The molecule has 1 aliphatic rings. The van der Waals surface area contributed by atoms with Gasteiger partial charge in [-0.05, 0) is 25.0 Å². The molecule has 96 valence electrons. The van der Waals surface area contributed by atoms with Gasteiger partial charge in [0.2, 0.25) is 5.91 Å². The van der Waals surface area contributed by atoms with Crippen LogP contribution in [0, 0.1) is 0 Å². The Hall–Kier alpha value is -2.11. The van der Waals surface area contributed by atoms with E-state index in [0.29, 0.717) is 0 Å². The number of carbonyl (C=O) groups excluding carboxylic acids is 1. The van der Waals surface area contributed by atoms with E-state index in [0.717, 1.165) is 18.5 Å². The smallest absolute Gasteiger partial charge is 0.323 e. The van der Waals surface area contributed by atoms with E-state index in [9.17, 15) is 9.59 Å². The van der Waals surface area contributed by atoms with Crippen molar-refractivity contribution in [1.82, 2.24) is 14.7 Å². The molecular weight excluding hydrogens is 234 g/mol. The van der Waals surface area contributed by atoms with Gasteiger partial charge < -0.3 is 10.0 Å². The standard InChI is InChI=1S/C12H15N3O3/c1-14-9(6-7-13-14)4-5-11(16)15(8-12(17)18)10-2-3-10/h4-7,10H,2-3,8H2,1H3,(H,17,18)/b5-4-. The molecular formula is C12H15N3O3. The Labute approximate surface area is 105 Å². The number of nitrogens with zero attached hydrogens (tertiary/aromatic N) is 3. The number of aryl methyl sites for hydroxylation is 1. The zero-order valence-electron chi connectivity index (χ0n) is 10.1. The average Bonchev–Trinajstić information content (AvgIpc) is 3.07. The van der Waals surface area contributed by atoms with E-state index in [1.807, 2.05) is 0 Å². The third-order valence-electron chi connectivity index (χ3n) is 2.83. The second-order valence-electron chi connectivity index (χ2n) is 4.30. The van der Waals surface area contributed by atoms with Gasteiger partial charge in [0.15, 0.2) is 0 Å². The van der Waals surface area contributed by atoms with Crippen molar-refractivity contribution < 1.29 is 14.7 Å². The molecule has 1 amide bonds. The van der Waals surface area contributed by atoms with Crippen molar-refractivity contribution in [3.63, 3.8) is 0 Å². The van der Waals surface area contributed by atoms with Crippen LogP contribution in [0.1, 0.15) is 18.5 Å². The van der Waals surface area contributed by atoms with Gasteiger partial charge in [-0.1, -0.05) is 0 Å². The summed E-state index contributed by atoms with van der Waals surface area (Å²) in [6.45, 7) is -0.237. The lowest BCUT2D eigenvalue weighted by atomic mass is 10.3. The molecule has 0 unspecified atom stereocenters. The highest BCUT2D eigenvalue weighted by Gasteiger charge is 2.32. The van der Waals surface area contributed by atoms with Crippen molar-refractivity contribution in [2.75, 3.05) is 6.54 Å². The minimum atomic E-state index is -0.982. The van der Waals surface area contributed by atoms with E-state index in [1.54, 1.807) is 30.1 Å². The minimum absolute atomic E-state index is 0.0878. The van der Waals surface area contributed by atoms with Crippen LogP contribution in [0.15, 0.2) is 18.3 Å². The maximum Gasteiger partial charge on any atom is 0.323 e. The van der Waals surface area contributed by atoms with Crippen molar-refractivity contribution in [2.24, 2.45) is 7.05 Å². The van der Waals surface area contributed by atoms with Gasteiger partial charge in [-0.15, -0.1) is 0 Å².